The minimum atomic E-state index is -0.152. The molecule has 1 aromatic carbocycles. The molecule has 2 aromatic heterocycles. The van der Waals surface area contributed by atoms with Gasteiger partial charge in [0.2, 0.25) is 5.95 Å². The van der Waals surface area contributed by atoms with Crippen LogP contribution in [0, 0.1) is 0 Å². The molecular weight excluding hydrogens is 347 g/mol. The number of benzene rings is 1. The van der Waals surface area contributed by atoms with Gasteiger partial charge in [-0.05, 0) is 39.0 Å². The fourth-order valence-electron chi connectivity index (χ4n) is 2.05. The molecule has 0 atom stereocenters. The molecule has 0 aliphatic carbocycles. The van der Waals surface area contributed by atoms with Crippen LogP contribution in [-0.2, 0) is 0 Å². The maximum absolute atomic E-state index is 6.06. The molecule has 0 spiro atoms. The molecule has 2 heterocycles. The van der Waals surface area contributed by atoms with Gasteiger partial charge < -0.3 is 10.6 Å². The van der Waals surface area contributed by atoms with Crippen molar-refractivity contribution in [2.24, 2.45) is 0 Å². The van der Waals surface area contributed by atoms with Crippen molar-refractivity contribution < 1.29 is 0 Å². The minimum Gasteiger partial charge on any atom is -0.350 e. The maximum Gasteiger partial charge on any atom is 0.223 e. The number of nitrogens with one attached hydrogen (secondary N) is 2. The molecule has 24 heavy (non-hydrogen) atoms. The number of rotatable bonds is 3. The molecule has 6 nitrogen and oxygen atoms in total. The van der Waals surface area contributed by atoms with Gasteiger partial charge in [-0.1, -0.05) is 23.2 Å². The molecule has 3 rings (SSSR count). The van der Waals surface area contributed by atoms with Crippen LogP contribution in [0.25, 0.3) is 11.0 Å². The lowest BCUT2D eigenvalue weighted by molar-refractivity contribution is 0.626. The van der Waals surface area contributed by atoms with Crippen LogP contribution in [0.4, 0.5) is 17.5 Å². The standard InChI is InChI=1S/C16H16Cl2N6/c1-16(2,3)24-15-19-7-12-13(23-15)14(21-8-20-12)22-9-4-5-10(17)11(18)6-9/h4-8H,1-3H3,(H,19,23,24)(H,20,21,22). The number of anilines is 3. The lowest BCUT2D eigenvalue weighted by Crippen LogP contribution is -2.27. The van der Waals surface area contributed by atoms with E-state index in [1.54, 1.807) is 18.3 Å². The van der Waals surface area contributed by atoms with Crippen molar-refractivity contribution in [1.82, 2.24) is 19.9 Å². The SMILES string of the molecule is CC(C)(C)Nc1ncc2ncnc(Nc3ccc(Cl)c(Cl)c3)c2n1. The third kappa shape index (κ3) is 3.83. The zero-order valence-electron chi connectivity index (χ0n) is 13.4. The number of hydrogen-bond acceptors (Lipinski definition) is 6. The van der Waals surface area contributed by atoms with Gasteiger partial charge in [-0.2, -0.15) is 0 Å². The average molecular weight is 363 g/mol. The second kappa shape index (κ2) is 6.37. The Morgan fingerprint density at radius 3 is 2.50 bits per heavy atom. The number of hydrogen-bond donors (Lipinski definition) is 2. The normalized spacial score (nSPS) is 11.5. The van der Waals surface area contributed by atoms with Crippen LogP contribution in [0.15, 0.2) is 30.7 Å². The summed E-state index contributed by atoms with van der Waals surface area (Å²) in [5, 5.41) is 7.39. The first-order valence-electron chi connectivity index (χ1n) is 7.30. The number of fused-ring (bicyclic) bond motifs is 1. The van der Waals surface area contributed by atoms with Crippen LogP contribution in [0.2, 0.25) is 10.0 Å². The molecular formula is C16H16Cl2N6. The van der Waals surface area contributed by atoms with Crippen LogP contribution in [0.5, 0.6) is 0 Å². The summed E-state index contributed by atoms with van der Waals surface area (Å²) in [6.45, 7) is 6.12. The molecule has 8 heteroatoms. The highest BCUT2D eigenvalue weighted by atomic mass is 35.5. The van der Waals surface area contributed by atoms with Crippen LogP contribution < -0.4 is 10.6 Å². The van der Waals surface area contributed by atoms with Crippen LogP contribution in [-0.4, -0.2) is 25.5 Å². The Morgan fingerprint density at radius 1 is 1.00 bits per heavy atom. The molecule has 0 saturated carbocycles. The van der Waals surface area contributed by atoms with Crippen molar-refractivity contribution in [2.45, 2.75) is 26.3 Å². The molecule has 0 aliphatic rings. The van der Waals surface area contributed by atoms with Crippen molar-refractivity contribution in [3.05, 3.63) is 40.8 Å². The van der Waals surface area contributed by atoms with Crippen molar-refractivity contribution in [3.8, 4) is 0 Å². The van der Waals surface area contributed by atoms with Crippen LogP contribution in [0.1, 0.15) is 20.8 Å². The summed E-state index contributed by atoms with van der Waals surface area (Å²) in [6.07, 6.45) is 3.13. The molecule has 0 radical (unpaired) electrons. The summed E-state index contributed by atoms with van der Waals surface area (Å²) >= 11 is 12.0. The van der Waals surface area contributed by atoms with Crippen LogP contribution >= 0.6 is 23.2 Å². The lowest BCUT2D eigenvalue weighted by atomic mass is 10.1. The molecule has 0 amide bonds. The Labute approximate surface area is 149 Å². The van der Waals surface area contributed by atoms with Crippen LogP contribution in [0.3, 0.4) is 0 Å². The molecule has 0 unspecified atom stereocenters. The van der Waals surface area contributed by atoms with Gasteiger partial charge in [0.25, 0.3) is 0 Å². The smallest absolute Gasteiger partial charge is 0.223 e. The van der Waals surface area contributed by atoms with E-state index in [4.69, 9.17) is 23.2 Å². The monoisotopic (exact) mass is 362 g/mol. The minimum absolute atomic E-state index is 0.152. The van der Waals surface area contributed by atoms with Gasteiger partial charge in [-0.25, -0.2) is 19.9 Å². The predicted octanol–water partition coefficient (Wildman–Crippen LogP) is 4.68. The topological polar surface area (TPSA) is 75.6 Å². The number of nitrogens with zero attached hydrogens (tertiary/aromatic N) is 4. The Hall–Kier alpha value is -2.18. The summed E-state index contributed by atoms with van der Waals surface area (Å²) in [7, 11) is 0. The fourth-order valence-corrected chi connectivity index (χ4v) is 2.35. The van der Waals surface area contributed by atoms with E-state index in [0.29, 0.717) is 32.8 Å². The van der Waals surface area contributed by atoms with E-state index in [-0.39, 0.29) is 5.54 Å². The fraction of sp³-hybridized carbons (Fsp3) is 0.250. The molecule has 0 saturated heterocycles. The summed E-state index contributed by atoms with van der Waals surface area (Å²) in [6, 6.07) is 5.27. The van der Waals surface area contributed by atoms with Crippen molar-refractivity contribution >= 4 is 51.7 Å². The zero-order chi connectivity index (χ0) is 17.3. The van der Waals surface area contributed by atoms with Gasteiger partial charge in [-0.3, -0.25) is 0 Å². The first kappa shape index (κ1) is 16.7. The Bertz CT molecular complexity index is 891. The van der Waals surface area contributed by atoms with E-state index >= 15 is 0 Å². The number of halogens is 2. The summed E-state index contributed by atoms with van der Waals surface area (Å²) in [4.78, 5) is 17.3. The van der Waals surface area contributed by atoms with Gasteiger partial charge in [-0.15, -0.1) is 0 Å². The Balaban J connectivity index is 2.00. The zero-order valence-corrected chi connectivity index (χ0v) is 14.9. The third-order valence-electron chi connectivity index (χ3n) is 3.05. The molecule has 0 aliphatic heterocycles. The van der Waals surface area contributed by atoms with Gasteiger partial charge >= 0.3 is 0 Å². The average Bonchev–Trinajstić information content (AvgIpc) is 2.50. The molecule has 3 aromatic rings. The quantitative estimate of drug-likeness (QED) is 0.704. The van der Waals surface area contributed by atoms with Crippen molar-refractivity contribution in [1.29, 1.82) is 0 Å². The van der Waals surface area contributed by atoms with Gasteiger partial charge in [0.05, 0.1) is 16.2 Å². The molecule has 2 N–H and O–H groups in total. The van der Waals surface area contributed by atoms with Crippen molar-refractivity contribution in [2.75, 3.05) is 10.6 Å². The van der Waals surface area contributed by atoms with E-state index in [9.17, 15) is 0 Å². The van der Waals surface area contributed by atoms with E-state index in [1.807, 2.05) is 26.8 Å². The van der Waals surface area contributed by atoms with Gasteiger partial charge in [0, 0.05) is 11.2 Å². The Morgan fingerprint density at radius 2 is 1.79 bits per heavy atom. The lowest BCUT2D eigenvalue weighted by Gasteiger charge is -2.20. The highest BCUT2D eigenvalue weighted by molar-refractivity contribution is 6.42. The first-order valence-corrected chi connectivity index (χ1v) is 8.05. The second-order valence-electron chi connectivity index (χ2n) is 6.28. The third-order valence-corrected chi connectivity index (χ3v) is 3.79. The highest BCUT2D eigenvalue weighted by Crippen LogP contribution is 2.28. The van der Waals surface area contributed by atoms with E-state index in [1.165, 1.54) is 6.33 Å². The second-order valence-corrected chi connectivity index (χ2v) is 7.09. The largest absolute Gasteiger partial charge is 0.350 e. The first-order chi connectivity index (χ1) is 11.3. The van der Waals surface area contributed by atoms with E-state index in [2.05, 4.69) is 30.6 Å². The number of aromatic nitrogens is 4. The molecule has 124 valence electrons. The summed E-state index contributed by atoms with van der Waals surface area (Å²) in [5.74, 6) is 1.08. The van der Waals surface area contributed by atoms with Crippen molar-refractivity contribution in [3.63, 3.8) is 0 Å². The summed E-state index contributed by atoms with van der Waals surface area (Å²) < 4.78 is 0. The summed E-state index contributed by atoms with van der Waals surface area (Å²) in [5.41, 5.74) is 1.87. The highest BCUT2D eigenvalue weighted by Gasteiger charge is 2.13. The predicted molar refractivity (Wildman–Crippen MR) is 98.2 cm³/mol. The Kier molecular flexibility index (Phi) is 4.43. The molecule has 0 bridgehead atoms. The van der Waals surface area contributed by atoms with E-state index < -0.39 is 0 Å². The maximum atomic E-state index is 6.06. The van der Waals surface area contributed by atoms with Gasteiger partial charge in [0.1, 0.15) is 17.4 Å². The molecule has 0 fully saturated rings. The van der Waals surface area contributed by atoms with Gasteiger partial charge in [0.15, 0.2) is 5.82 Å². The van der Waals surface area contributed by atoms with E-state index in [0.717, 1.165) is 5.69 Å².